The first-order valence-corrected chi connectivity index (χ1v) is 6.81. The molecule has 0 amide bonds. The maximum Gasteiger partial charge on any atom is 0.269 e. The topological polar surface area (TPSA) is 75.5 Å². The van der Waals surface area contributed by atoms with Gasteiger partial charge in [-0.3, -0.25) is 9.36 Å². The molecule has 1 aromatic carbocycles. The molecule has 3 aromatic rings. The third-order valence-corrected chi connectivity index (χ3v) is 3.46. The lowest BCUT2D eigenvalue weighted by atomic mass is 10.2. The van der Waals surface area contributed by atoms with Crippen LogP contribution in [0, 0.1) is 0 Å². The van der Waals surface area contributed by atoms with Crippen molar-refractivity contribution < 1.29 is 14.2 Å². The zero-order valence-corrected chi connectivity index (χ0v) is 12.9. The van der Waals surface area contributed by atoms with Gasteiger partial charge >= 0.3 is 0 Å². The van der Waals surface area contributed by atoms with Crippen molar-refractivity contribution >= 4 is 10.9 Å². The lowest BCUT2D eigenvalue weighted by Crippen LogP contribution is -2.19. The minimum Gasteiger partial charge on any atom is -0.497 e. The van der Waals surface area contributed by atoms with E-state index in [1.807, 2.05) is 0 Å². The molecule has 7 nitrogen and oxygen atoms in total. The van der Waals surface area contributed by atoms with Crippen LogP contribution in [0.4, 0.5) is 0 Å². The van der Waals surface area contributed by atoms with Gasteiger partial charge in [-0.25, -0.2) is 9.97 Å². The molecular weight excluding hydrogens is 298 g/mol. The molecule has 0 fully saturated rings. The summed E-state index contributed by atoms with van der Waals surface area (Å²) >= 11 is 0. The van der Waals surface area contributed by atoms with Crippen LogP contribution in [0.2, 0.25) is 0 Å². The molecule has 0 spiro atoms. The summed E-state index contributed by atoms with van der Waals surface area (Å²) in [6, 6.07) is 6.76. The third-order valence-electron chi connectivity index (χ3n) is 3.46. The Morgan fingerprint density at radius 1 is 1.00 bits per heavy atom. The molecular formula is C16H15N3O4. The Kier molecular flexibility index (Phi) is 3.84. The van der Waals surface area contributed by atoms with Gasteiger partial charge in [0.25, 0.3) is 5.56 Å². The Bertz CT molecular complexity index is 904. The number of benzene rings is 1. The molecule has 0 aliphatic carbocycles. The summed E-state index contributed by atoms with van der Waals surface area (Å²) in [6.07, 6.45) is 3.00. The Morgan fingerprint density at radius 2 is 1.83 bits per heavy atom. The Hall–Kier alpha value is -3.09. The first-order valence-electron chi connectivity index (χ1n) is 6.81. The van der Waals surface area contributed by atoms with Crippen molar-refractivity contribution in [2.24, 2.45) is 0 Å². The van der Waals surface area contributed by atoms with Gasteiger partial charge in [0.2, 0.25) is 5.88 Å². The van der Waals surface area contributed by atoms with Crippen LogP contribution in [0.3, 0.4) is 0 Å². The zero-order valence-electron chi connectivity index (χ0n) is 12.9. The molecule has 0 unspecified atom stereocenters. The molecule has 2 heterocycles. The van der Waals surface area contributed by atoms with E-state index in [0.29, 0.717) is 34.0 Å². The molecule has 7 heteroatoms. The Morgan fingerprint density at radius 3 is 2.43 bits per heavy atom. The first-order chi connectivity index (χ1) is 11.2. The SMILES string of the molecule is COc1cc(OC)c2c(=O)n(-c3ccc(OC)nc3)cnc2c1. The fourth-order valence-electron chi connectivity index (χ4n) is 2.28. The van der Waals surface area contributed by atoms with Gasteiger partial charge in [-0.05, 0) is 6.07 Å². The van der Waals surface area contributed by atoms with Gasteiger partial charge in [0, 0.05) is 18.2 Å². The van der Waals surface area contributed by atoms with Crippen molar-refractivity contribution in [1.82, 2.24) is 14.5 Å². The summed E-state index contributed by atoms with van der Waals surface area (Å²) in [5.41, 5.74) is 0.841. The molecule has 0 saturated carbocycles. The van der Waals surface area contributed by atoms with Crippen LogP contribution in [0.5, 0.6) is 17.4 Å². The summed E-state index contributed by atoms with van der Waals surface area (Å²) in [6.45, 7) is 0. The van der Waals surface area contributed by atoms with Crippen molar-refractivity contribution in [2.45, 2.75) is 0 Å². The molecule has 118 valence electrons. The second kappa shape index (κ2) is 5.96. The fourth-order valence-corrected chi connectivity index (χ4v) is 2.28. The van der Waals surface area contributed by atoms with Gasteiger partial charge in [-0.1, -0.05) is 0 Å². The van der Waals surface area contributed by atoms with Gasteiger partial charge in [0.05, 0.1) is 38.7 Å². The van der Waals surface area contributed by atoms with E-state index in [-0.39, 0.29) is 5.56 Å². The largest absolute Gasteiger partial charge is 0.497 e. The average molecular weight is 313 g/mol. The number of rotatable bonds is 4. The molecule has 0 aliphatic rings. The number of hydrogen-bond acceptors (Lipinski definition) is 6. The van der Waals surface area contributed by atoms with Gasteiger partial charge in [0.1, 0.15) is 23.2 Å². The number of methoxy groups -OCH3 is 3. The van der Waals surface area contributed by atoms with Gasteiger partial charge < -0.3 is 14.2 Å². The number of ether oxygens (including phenoxy) is 3. The standard InChI is InChI=1S/C16H15N3O4/c1-21-11-6-12-15(13(7-11)22-2)16(20)19(9-18-12)10-4-5-14(23-3)17-8-10/h4-9H,1-3H3. The maximum atomic E-state index is 12.8. The summed E-state index contributed by atoms with van der Waals surface area (Å²) in [7, 11) is 4.58. The van der Waals surface area contributed by atoms with E-state index in [9.17, 15) is 4.79 Å². The quantitative estimate of drug-likeness (QED) is 0.731. The van der Waals surface area contributed by atoms with E-state index in [4.69, 9.17) is 14.2 Å². The van der Waals surface area contributed by atoms with Crippen molar-refractivity contribution in [3.63, 3.8) is 0 Å². The highest BCUT2D eigenvalue weighted by molar-refractivity contribution is 5.86. The van der Waals surface area contributed by atoms with E-state index >= 15 is 0 Å². The second-order valence-corrected chi connectivity index (χ2v) is 4.70. The van der Waals surface area contributed by atoms with Crippen LogP contribution in [-0.2, 0) is 0 Å². The summed E-state index contributed by atoms with van der Waals surface area (Å²) < 4.78 is 16.9. The predicted octanol–water partition coefficient (Wildman–Crippen LogP) is 1.81. The highest BCUT2D eigenvalue weighted by Gasteiger charge is 2.13. The van der Waals surface area contributed by atoms with Crippen LogP contribution in [0.1, 0.15) is 0 Å². The van der Waals surface area contributed by atoms with E-state index in [2.05, 4.69) is 9.97 Å². The molecule has 0 bridgehead atoms. The highest BCUT2D eigenvalue weighted by Crippen LogP contribution is 2.27. The molecule has 3 rings (SSSR count). The molecule has 0 atom stereocenters. The monoisotopic (exact) mass is 313 g/mol. The Labute approximate surface area is 132 Å². The lowest BCUT2D eigenvalue weighted by molar-refractivity contribution is 0.397. The van der Waals surface area contributed by atoms with Crippen LogP contribution < -0.4 is 19.8 Å². The minimum atomic E-state index is -0.249. The van der Waals surface area contributed by atoms with E-state index in [1.54, 1.807) is 37.6 Å². The van der Waals surface area contributed by atoms with E-state index in [0.717, 1.165) is 0 Å². The predicted molar refractivity (Wildman–Crippen MR) is 84.8 cm³/mol. The van der Waals surface area contributed by atoms with Gasteiger partial charge in [-0.15, -0.1) is 0 Å². The zero-order chi connectivity index (χ0) is 16.4. The third kappa shape index (κ3) is 2.57. The van der Waals surface area contributed by atoms with Gasteiger partial charge in [-0.2, -0.15) is 0 Å². The highest BCUT2D eigenvalue weighted by atomic mass is 16.5. The smallest absolute Gasteiger partial charge is 0.269 e. The molecule has 0 aliphatic heterocycles. The fraction of sp³-hybridized carbons (Fsp3) is 0.188. The molecule has 0 radical (unpaired) electrons. The summed E-state index contributed by atoms with van der Waals surface area (Å²) in [4.78, 5) is 21.2. The number of fused-ring (bicyclic) bond motifs is 1. The number of pyridine rings is 1. The van der Waals surface area contributed by atoms with Crippen LogP contribution in [-0.4, -0.2) is 35.9 Å². The average Bonchev–Trinajstić information content (AvgIpc) is 2.61. The van der Waals surface area contributed by atoms with Crippen molar-refractivity contribution in [1.29, 1.82) is 0 Å². The summed E-state index contributed by atoms with van der Waals surface area (Å²) in [5, 5.41) is 0.381. The second-order valence-electron chi connectivity index (χ2n) is 4.70. The molecule has 2 aromatic heterocycles. The maximum absolute atomic E-state index is 12.8. The van der Waals surface area contributed by atoms with Crippen LogP contribution >= 0.6 is 0 Å². The van der Waals surface area contributed by atoms with Gasteiger partial charge in [0.15, 0.2) is 0 Å². The number of aromatic nitrogens is 3. The Balaban J connectivity index is 2.23. The van der Waals surface area contributed by atoms with Crippen molar-refractivity contribution in [3.8, 4) is 23.1 Å². The molecule has 0 N–H and O–H groups in total. The summed E-state index contributed by atoms with van der Waals surface area (Å²) in [5.74, 6) is 1.45. The molecule has 23 heavy (non-hydrogen) atoms. The normalized spacial score (nSPS) is 10.6. The van der Waals surface area contributed by atoms with Crippen LogP contribution in [0.15, 0.2) is 41.6 Å². The number of hydrogen-bond donors (Lipinski definition) is 0. The van der Waals surface area contributed by atoms with E-state index in [1.165, 1.54) is 25.1 Å². The minimum absolute atomic E-state index is 0.249. The van der Waals surface area contributed by atoms with Crippen molar-refractivity contribution in [2.75, 3.05) is 21.3 Å². The first kappa shape index (κ1) is 14.8. The van der Waals surface area contributed by atoms with Crippen molar-refractivity contribution in [3.05, 3.63) is 47.1 Å². The molecule has 0 saturated heterocycles. The number of nitrogens with zero attached hydrogens (tertiary/aromatic N) is 3. The van der Waals surface area contributed by atoms with E-state index < -0.39 is 0 Å². The lowest BCUT2D eigenvalue weighted by Gasteiger charge is -2.10. The van der Waals surface area contributed by atoms with Crippen LogP contribution in [0.25, 0.3) is 16.6 Å².